The van der Waals surface area contributed by atoms with Crippen molar-refractivity contribution in [1.29, 1.82) is 0 Å². The molecular formula is C15H10O6. The van der Waals surface area contributed by atoms with Crippen molar-refractivity contribution in [1.82, 2.24) is 0 Å². The van der Waals surface area contributed by atoms with E-state index >= 15 is 0 Å². The van der Waals surface area contributed by atoms with Crippen LogP contribution in [0.25, 0.3) is 6.08 Å². The molecule has 6 nitrogen and oxygen atoms in total. The van der Waals surface area contributed by atoms with Crippen molar-refractivity contribution in [2.24, 2.45) is 0 Å². The van der Waals surface area contributed by atoms with E-state index in [2.05, 4.69) is 0 Å². The van der Waals surface area contributed by atoms with E-state index in [9.17, 15) is 25.2 Å². The number of aliphatic hydroxyl groups is 2. The molecule has 0 aromatic heterocycles. The third-order valence-electron chi connectivity index (χ3n) is 3.05. The molecule has 0 saturated carbocycles. The molecule has 0 unspecified atom stereocenters. The van der Waals surface area contributed by atoms with Crippen LogP contribution in [0.1, 0.15) is 5.56 Å². The summed E-state index contributed by atoms with van der Waals surface area (Å²) in [4.78, 5) is 11.2. The van der Waals surface area contributed by atoms with Crippen molar-refractivity contribution in [2.45, 2.75) is 0 Å². The number of hydrogen-bond acceptors (Lipinski definition) is 6. The number of phenols is 2. The zero-order chi connectivity index (χ0) is 15.1. The molecular weight excluding hydrogens is 276 g/mol. The Labute approximate surface area is 118 Å². The monoisotopic (exact) mass is 286 g/mol. The van der Waals surface area contributed by atoms with Crippen LogP contribution in [0.15, 0.2) is 53.2 Å². The summed E-state index contributed by atoms with van der Waals surface area (Å²) in [5.41, 5.74) is 0.507. The zero-order valence-corrected chi connectivity index (χ0v) is 10.6. The maximum absolute atomic E-state index is 11.2. The van der Waals surface area contributed by atoms with Crippen LogP contribution in [0.4, 0.5) is 0 Å². The Kier molecular flexibility index (Phi) is 2.72. The average molecular weight is 286 g/mol. The summed E-state index contributed by atoms with van der Waals surface area (Å²) >= 11 is 0. The van der Waals surface area contributed by atoms with Crippen LogP contribution in [-0.2, 0) is 4.79 Å². The van der Waals surface area contributed by atoms with Gasteiger partial charge >= 0.3 is 0 Å². The standard InChI is InChI=1S/C15H10O6/c16-8-4-11(18)9-6-13(20)15(21-14(9)5-8)7-1-2-10(17)12(19)3-7/h1-6,16,18-20H/b15-7-. The van der Waals surface area contributed by atoms with Crippen LogP contribution in [0.5, 0.6) is 17.2 Å². The molecule has 6 heteroatoms. The average Bonchev–Trinajstić information content (AvgIpc) is 2.42. The fourth-order valence-corrected chi connectivity index (χ4v) is 2.06. The molecule has 2 aliphatic rings. The Bertz CT molecular complexity index is 780. The Balaban J connectivity index is 2.14. The van der Waals surface area contributed by atoms with Gasteiger partial charge in [-0.25, -0.2) is 0 Å². The number of aliphatic hydroxyl groups excluding tert-OH is 2. The molecule has 0 atom stereocenters. The fourth-order valence-electron chi connectivity index (χ4n) is 2.06. The number of fused-ring (bicyclic) bond motifs is 1. The van der Waals surface area contributed by atoms with Crippen LogP contribution < -0.4 is 4.74 Å². The first-order valence-electron chi connectivity index (χ1n) is 5.98. The molecule has 0 bridgehead atoms. The highest BCUT2D eigenvalue weighted by molar-refractivity contribution is 6.04. The molecule has 0 radical (unpaired) electrons. The van der Waals surface area contributed by atoms with Crippen molar-refractivity contribution < 1.29 is 30.0 Å². The summed E-state index contributed by atoms with van der Waals surface area (Å²) in [5, 5.41) is 38.6. The first-order chi connectivity index (χ1) is 9.95. The summed E-state index contributed by atoms with van der Waals surface area (Å²) in [6.07, 6.45) is 4.96. The number of carbonyl (C=O) groups excluding carboxylic acids is 1. The predicted octanol–water partition coefficient (Wildman–Crippen LogP) is 2.22. The first-order valence-corrected chi connectivity index (χ1v) is 5.98. The Hall–Kier alpha value is -3.15. The number of allylic oxidation sites excluding steroid dienone is 4. The Morgan fingerprint density at radius 2 is 1.67 bits per heavy atom. The minimum absolute atomic E-state index is 0.00259. The lowest BCUT2D eigenvalue weighted by molar-refractivity contribution is -0.113. The van der Waals surface area contributed by atoms with Gasteiger partial charge in [0.1, 0.15) is 17.2 Å². The molecule has 1 aliphatic heterocycles. The lowest BCUT2D eigenvalue weighted by Gasteiger charge is -2.20. The normalized spacial score (nSPS) is 20.5. The number of carbonyl (C=O) groups is 1. The first kappa shape index (κ1) is 12.9. The largest absolute Gasteiger partial charge is 0.508 e. The Morgan fingerprint density at radius 3 is 2.38 bits per heavy atom. The summed E-state index contributed by atoms with van der Waals surface area (Å²) in [7, 11) is 0. The summed E-state index contributed by atoms with van der Waals surface area (Å²) in [6.45, 7) is 0. The smallest absolute Gasteiger partial charge is 0.220 e. The molecule has 4 N–H and O–H groups in total. The highest BCUT2D eigenvalue weighted by Gasteiger charge is 2.24. The highest BCUT2D eigenvalue weighted by Crippen LogP contribution is 2.40. The van der Waals surface area contributed by atoms with Gasteiger partial charge in [-0.3, -0.25) is 4.79 Å². The van der Waals surface area contributed by atoms with E-state index in [4.69, 9.17) is 4.74 Å². The molecule has 0 spiro atoms. The topological polar surface area (TPSA) is 107 Å². The van der Waals surface area contributed by atoms with Crippen molar-refractivity contribution in [2.75, 3.05) is 0 Å². The van der Waals surface area contributed by atoms with E-state index in [1.54, 1.807) is 0 Å². The number of aromatic hydroxyl groups is 2. The van der Waals surface area contributed by atoms with E-state index < -0.39 is 11.5 Å². The predicted molar refractivity (Wildman–Crippen MR) is 72.9 cm³/mol. The second-order valence-electron chi connectivity index (χ2n) is 4.52. The fraction of sp³-hybridized carbons (Fsp3) is 0. The number of ketones is 1. The van der Waals surface area contributed by atoms with E-state index in [1.165, 1.54) is 18.2 Å². The second kappa shape index (κ2) is 4.45. The number of rotatable bonds is 0. The summed E-state index contributed by atoms with van der Waals surface area (Å²) in [5.74, 6) is -1.59. The third kappa shape index (κ3) is 2.12. The molecule has 3 rings (SSSR count). The minimum Gasteiger partial charge on any atom is -0.508 e. The third-order valence-corrected chi connectivity index (χ3v) is 3.05. The van der Waals surface area contributed by atoms with Gasteiger partial charge in [0, 0.05) is 17.7 Å². The maximum atomic E-state index is 11.2. The molecule has 106 valence electrons. The van der Waals surface area contributed by atoms with Gasteiger partial charge < -0.3 is 25.2 Å². The van der Waals surface area contributed by atoms with Crippen molar-refractivity contribution in [3.8, 4) is 17.2 Å². The van der Waals surface area contributed by atoms with Gasteiger partial charge in [-0.2, -0.15) is 0 Å². The molecule has 1 aliphatic carbocycles. The molecule has 0 fully saturated rings. The Morgan fingerprint density at radius 1 is 0.905 bits per heavy atom. The minimum atomic E-state index is -0.547. The highest BCUT2D eigenvalue weighted by atomic mass is 16.5. The van der Waals surface area contributed by atoms with Crippen molar-refractivity contribution >= 4 is 11.9 Å². The van der Waals surface area contributed by atoms with Gasteiger partial charge in [0.05, 0.1) is 5.56 Å². The number of hydrogen-bond donors (Lipinski definition) is 4. The number of benzene rings is 1. The number of phenolic OH excluding ortho intramolecular Hbond substituents is 2. The van der Waals surface area contributed by atoms with Crippen LogP contribution in [0.2, 0.25) is 0 Å². The molecule has 1 aromatic rings. The van der Waals surface area contributed by atoms with E-state index in [0.29, 0.717) is 0 Å². The summed E-state index contributed by atoms with van der Waals surface area (Å²) < 4.78 is 5.45. The lowest BCUT2D eigenvalue weighted by atomic mass is 10.0. The van der Waals surface area contributed by atoms with Gasteiger partial charge in [0.15, 0.2) is 17.3 Å². The van der Waals surface area contributed by atoms with Gasteiger partial charge in [0.2, 0.25) is 5.78 Å². The SMILES string of the molecule is O=C1C=C/C(=C2/Oc3cc(O)cc(O)c3C=C2O)C=C1O. The maximum Gasteiger partial charge on any atom is 0.220 e. The van der Waals surface area contributed by atoms with Gasteiger partial charge in [0.25, 0.3) is 0 Å². The quantitative estimate of drug-likeness (QED) is 0.582. The van der Waals surface area contributed by atoms with Gasteiger partial charge in [-0.1, -0.05) is 0 Å². The van der Waals surface area contributed by atoms with E-state index in [1.807, 2.05) is 0 Å². The van der Waals surface area contributed by atoms with E-state index in [0.717, 1.165) is 18.2 Å². The van der Waals surface area contributed by atoms with Gasteiger partial charge in [-0.15, -0.1) is 0 Å². The molecule has 0 saturated heterocycles. The van der Waals surface area contributed by atoms with Crippen LogP contribution in [-0.4, -0.2) is 26.2 Å². The lowest BCUT2D eigenvalue weighted by Crippen LogP contribution is -2.10. The van der Waals surface area contributed by atoms with Crippen molar-refractivity contribution in [3.05, 3.63) is 58.8 Å². The molecule has 21 heavy (non-hydrogen) atoms. The summed E-state index contributed by atoms with van der Waals surface area (Å²) in [6, 6.07) is 2.40. The molecule has 1 aromatic carbocycles. The number of ether oxygens (including phenoxy) is 1. The second-order valence-corrected chi connectivity index (χ2v) is 4.52. The van der Waals surface area contributed by atoms with Crippen LogP contribution in [0.3, 0.4) is 0 Å². The van der Waals surface area contributed by atoms with Crippen LogP contribution >= 0.6 is 0 Å². The molecule has 0 amide bonds. The zero-order valence-electron chi connectivity index (χ0n) is 10.6. The van der Waals surface area contributed by atoms with E-state index in [-0.39, 0.29) is 39.9 Å². The van der Waals surface area contributed by atoms with Gasteiger partial charge in [-0.05, 0) is 24.3 Å². The van der Waals surface area contributed by atoms with Crippen LogP contribution in [0, 0.1) is 0 Å². The molecule has 1 heterocycles. The van der Waals surface area contributed by atoms with Crippen molar-refractivity contribution in [3.63, 3.8) is 0 Å².